The number of carbonyl (C=O) groups excluding carboxylic acids is 1. The topological polar surface area (TPSA) is 32.3 Å². The zero-order valence-corrected chi connectivity index (χ0v) is 7.55. The fourth-order valence-electron chi connectivity index (χ4n) is 1.83. The maximum atomic E-state index is 11.4. The molecule has 0 bridgehead atoms. The lowest BCUT2D eigenvalue weighted by molar-refractivity contribution is -0.129. The van der Waals surface area contributed by atoms with E-state index in [0.29, 0.717) is 0 Å². The minimum absolute atomic E-state index is 0.0464. The number of hydrogen-bond donors (Lipinski definition) is 1. The van der Waals surface area contributed by atoms with E-state index in [-0.39, 0.29) is 11.9 Å². The van der Waals surface area contributed by atoms with Crippen LogP contribution in [0.4, 0.5) is 0 Å². The fraction of sp³-hybridized carbons (Fsp3) is 0.889. The molecule has 1 N–H and O–H groups in total. The van der Waals surface area contributed by atoms with Gasteiger partial charge in [-0.2, -0.15) is 0 Å². The van der Waals surface area contributed by atoms with Crippen molar-refractivity contribution in [3.63, 3.8) is 0 Å². The van der Waals surface area contributed by atoms with Crippen molar-refractivity contribution in [2.45, 2.75) is 32.2 Å². The highest BCUT2D eigenvalue weighted by atomic mass is 16.2. The van der Waals surface area contributed by atoms with Gasteiger partial charge in [0.2, 0.25) is 5.91 Å². The van der Waals surface area contributed by atoms with Crippen molar-refractivity contribution < 1.29 is 4.79 Å². The molecular formula is C9H16N2O. The number of hydrogen-bond acceptors (Lipinski definition) is 2. The Morgan fingerprint density at radius 2 is 2.33 bits per heavy atom. The van der Waals surface area contributed by atoms with Crippen molar-refractivity contribution in [1.29, 1.82) is 0 Å². The largest absolute Gasteiger partial charge is 0.328 e. The Morgan fingerprint density at radius 3 is 2.75 bits per heavy atom. The Balaban J connectivity index is 1.83. The van der Waals surface area contributed by atoms with E-state index in [9.17, 15) is 4.79 Å². The van der Waals surface area contributed by atoms with E-state index in [1.165, 1.54) is 19.3 Å². The van der Waals surface area contributed by atoms with E-state index in [0.717, 1.165) is 19.1 Å². The average Bonchev–Trinajstić information content (AvgIpc) is 2.27. The third-order valence-corrected chi connectivity index (χ3v) is 2.97. The molecule has 1 aliphatic carbocycles. The van der Waals surface area contributed by atoms with Gasteiger partial charge in [0.1, 0.15) is 0 Å². The highest BCUT2D eigenvalue weighted by Crippen LogP contribution is 2.27. The predicted molar refractivity (Wildman–Crippen MR) is 46.5 cm³/mol. The molecule has 0 aromatic carbocycles. The van der Waals surface area contributed by atoms with Crippen molar-refractivity contribution in [2.75, 3.05) is 13.2 Å². The Kier molecular flexibility index (Phi) is 2.05. The monoisotopic (exact) mass is 168 g/mol. The summed E-state index contributed by atoms with van der Waals surface area (Å²) in [5, 5.41) is 3.15. The summed E-state index contributed by atoms with van der Waals surface area (Å²) in [7, 11) is 0. The van der Waals surface area contributed by atoms with Gasteiger partial charge >= 0.3 is 0 Å². The predicted octanol–water partition coefficient (Wildman–Crippen LogP) is 0.564. The lowest BCUT2D eigenvalue weighted by Gasteiger charge is -2.29. The average molecular weight is 168 g/mol. The van der Waals surface area contributed by atoms with Crippen molar-refractivity contribution in [1.82, 2.24) is 10.2 Å². The van der Waals surface area contributed by atoms with Crippen LogP contribution in [0.5, 0.6) is 0 Å². The smallest absolute Gasteiger partial charge is 0.240 e. The van der Waals surface area contributed by atoms with E-state index in [1.54, 1.807) is 0 Å². The third kappa shape index (κ3) is 1.33. The molecule has 1 saturated heterocycles. The Hall–Kier alpha value is -0.570. The van der Waals surface area contributed by atoms with Gasteiger partial charge in [0.25, 0.3) is 0 Å². The summed E-state index contributed by atoms with van der Waals surface area (Å²) >= 11 is 0. The van der Waals surface area contributed by atoms with Gasteiger partial charge in [-0.15, -0.1) is 0 Å². The summed E-state index contributed by atoms with van der Waals surface area (Å²) < 4.78 is 0. The van der Waals surface area contributed by atoms with Gasteiger partial charge in [0.15, 0.2) is 0 Å². The summed E-state index contributed by atoms with van der Waals surface area (Å²) in [5.41, 5.74) is 0. The SMILES string of the molecule is CC1NCN(CC2CCC2)C1=O. The molecule has 3 nitrogen and oxygen atoms in total. The molecule has 2 aliphatic rings. The summed E-state index contributed by atoms with van der Waals surface area (Å²) in [6, 6.07) is 0.0464. The van der Waals surface area contributed by atoms with Crippen molar-refractivity contribution in [3.8, 4) is 0 Å². The molecule has 3 heteroatoms. The van der Waals surface area contributed by atoms with E-state index in [2.05, 4.69) is 5.32 Å². The van der Waals surface area contributed by atoms with Crippen molar-refractivity contribution >= 4 is 5.91 Å². The molecule has 1 unspecified atom stereocenters. The highest BCUT2D eigenvalue weighted by Gasteiger charge is 2.30. The summed E-state index contributed by atoms with van der Waals surface area (Å²) in [5.74, 6) is 1.07. The zero-order chi connectivity index (χ0) is 8.55. The molecule has 1 heterocycles. The number of rotatable bonds is 2. The van der Waals surface area contributed by atoms with Crippen LogP contribution in [0.2, 0.25) is 0 Å². The normalized spacial score (nSPS) is 30.9. The Bertz CT molecular complexity index is 189. The summed E-state index contributed by atoms with van der Waals surface area (Å²) in [6.07, 6.45) is 3.99. The van der Waals surface area contributed by atoms with Gasteiger partial charge in [-0.3, -0.25) is 10.1 Å². The number of nitrogens with zero attached hydrogens (tertiary/aromatic N) is 1. The first kappa shape index (κ1) is 8.05. The fourth-order valence-corrected chi connectivity index (χ4v) is 1.83. The second-order valence-electron chi connectivity index (χ2n) is 3.94. The minimum Gasteiger partial charge on any atom is -0.328 e. The zero-order valence-electron chi connectivity index (χ0n) is 7.55. The van der Waals surface area contributed by atoms with Crippen LogP contribution in [0.3, 0.4) is 0 Å². The summed E-state index contributed by atoms with van der Waals surface area (Å²) in [4.78, 5) is 13.4. The van der Waals surface area contributed by atoms with Crippen LogP contribution < -0.4 is 5.32 Å². The Morgan fingerprint density at radius 1 is 1.58 bits per heavy atom. The van der Waals surface area contributed by atoms with Crippen LogP contribution in [-0.2, 0) is 4.79 Å². The van der Waals surface area contributed by atoms with Crippen molar-refractivity contribution in [2.24, 2.45) is 5.92 Å². The molecule has 1 saturated carbocycles. The van der Waals surface area contributed by atoms with Gasteiger partial charge in [-0.25, -0.2) is 0 Å². The molecule has 68 valence electrons. The van der Waals surface area contributed by atoms with Gasteiger partial charge in [0.05, 0.1) is 12.7 Å². The minimum atomic E-state index is 0.0464. The highest BCUT2D eigenvalue weighted by molar-refractivity contribution is 5.83. The van der Waals surface area contributed by atoms with E-state index >= 15 is 0 Å². The molecule has 12 heavy (non-hydrogen) atoms. The lowest BCUT2D eigenvalue weighted by Crippen LogP contribution is -2.35. The Labute approximate surface area is 73.1 Å². The van der Waals surface area contributed by atoms with Gasteiger partial charge < -0.3 is 4.90 Å². The van der Waals surface area contributed by atoms with E-state index < -0.39 is 0 Å². The van der Waals surface area contributed by atoms with Crippen LogP contribution in [0.1, 0.15) is 26.2 Å². The maximum Gasteiger partial charge on any atom is 0.240 e. The molecule has 0 aromatic heterocycles. The second kappa shape index (κ2) is 3.05. The standard InChI is InChI=1S/C9H16N2O/c1-7-9(12)11(6-10-7)5-8-3-2-4-8/h7-8,10H,2-6H2,1H3. The lowest BCUT2D eigenvalue weighted by atomic mass is 9.85. The first-order valence-electron chi connectivity index (χ1n) is 4.79. The molecule has 2 fully saturated rings. The molecule has 0 spiro atoms. The molecule has 0 radical (unpaired) electrons. The van der Waals surface area contributed by atoms with Gasteiger partial charge in [-0.05, 0) is 25.7 Å². The quantitative estimate of drug-likeness (QED) is 0.653. The van der Waals surface area contributed by atoms with Crippen LogP contribution in [0, 0.1) is 5.92 Å². The molecule has 2 rings (SSSR count). The number of nitrogens with one attached hydrogen (secondary N) is 1. The van der Waals surface area contributed by atoms with E-state index in [4.69, 9.17) is 0 Å². The van der Waals surface area contributed by atoms with Crippen LogP contribution in [-0.4, -0.2) is 30.1 Å². The molecule has 1 aliphatic heterocycles. The second-order valence-corrected chi connectivity index (χ2v) is 3.94. The number of carbonyl (C=O) groups is 1. The first-order valence-corrected chi connectivity index (χ1v) is 4.79. The third-order valence-electron chi connectivity index (χ3n) is 2.97. The molecular weight excluding hydrogens is 152 g/mol. The number of amides is 1. The van der Waals surface area contributed by atoms with Crippen molar-refractivity contribution in [3.05, 3.63) is 0 Å². The molecule has 1 amide bonds. The van der Waals surface area contributed by atoms with Gasteiger partial charge in [0, 0.05) is 6.54 Å². The molecule has 1 atom stereocenters. The van der Waals surface area contributed by atoms with E-state index in [1.807, 2.05) is 11.8 Å². The van der Waals surface area contributed by atoms with Crippen LogP contribution >= 0.6 is 0 Å². The maximum absolute atomic E-state index is 11.4. The first-order chi connectivity index (χ1) is 5.77. The summed E-state index contributed by atoms with van der Waals surface area (Å²) in [6.45, 7) is 3.68. The van der Waals surface area contributed by atoms with Crippen LogP contribution in [0.25, 0.3) is 0 Å². The molecule has 0 aromatic rings. The van der Waals surface area contributed by atoms with Crippen LogP contribution in [0.15, 0.2) is 0 Å². The van der Waals surface area contributed by atoms with Gasteiger partial charge in [-0.1, -0.05) is 6.42 Å².